The summed E-state index contributed by atoms with van der Waals surface area (Å²) in [4.78, 5) is 9.96. The van der Waals surface area contributed by atoms with Gasteiger partial charge in [-0.05, 0) is 24.6 Å². The van der Waals surface area contributed by atoms with E-state index < -0.39 is 20.6 Å². The number of halogens is 1. The topological polar surface area (TPSA) is 115 Å². The lowest BCUT2D eigenvalue weighted by molar-refractivity contribution is -0.384. The molecule has 3 N–H and O–H groups in total. The summed E-state index contributed by atoms with van der Waals surface area (Å²) in [6.45, 7) is 1.79. The zero-order chi connectivity index (χ0) is 15.8. The van der Waals surface area contributed by atoms with Crippen molar-refractivity contribution in [2.75, 3.05) is 10.5 Å². The second kappa shape index (κ2) is 5.51. The zero-order valence-corrected chi connectivity index (χ0v) is 13.1. The van der Waals surface area contributed by atoms with E-state index in [9.17, 15) is 18.5 Å². The van der Waals surface area contributed by atoms with Gasteiger partial charge in [-0.2, -0.15) is 0 Å². The van der Waals surface area contributed by atoms with Gasteiger partial charge < -0.3 is 5.73 Å². The van der Waals surface area contributed by atoms with Crippen LogP contribution in [-0.2, 0) is 10.0 Å². The van der Waals surface area contributed by atoms with E-state index in [4.69, 9.17) is 17.3 Å². The number of anilines is 2. The van der Waals surface area contributed by atoms with E-state index in [1.165, 1.54) is 6.07 Å². The van der Waals surface area contributed by atoms with Crippen molar-refractivity contribution in [2.45, 2.75) is 11.1 Å². The van der Waals surface area contributed by atoms with E-state index in [2.05, 4.69) is 4.72 Å². The highest BCUT2D eigenvalue weighted by Gasteiger charge is 2.25. The maximum atomic E-state index is 12.2. The SMILES string of the molecule is Cc1ccc(NS(=O)(=O)c2cc([N+](=O)[O-])c(Cl)s2)cc1N. The summed E-state index contributed by atoms with van der Waals surface area (Å²) < 4.78 is 26.2. The van der Waals surface area contributed by atoms with Crippen LogP contribution in [0, 0.1) is 17.0 Å². The highest BCUT2D eigenvalue weighted by molar-refractivity contribution is 7.94. The van der Waals surface area contributed by atoms with Gasteiger partial charge in [0.15, 0.2) is 4.34 Å². The van der Waals surface area contributed by atoms with Crippen molar-refractivity contribution in [2.24, 2.45) is 0 Å². The molecule has 0 spiro atoms. The van der Waals surface area contributed by atoms with Crippen molar-refractivity contribution in [1.82, 2.24) is 0 Å². The van der Waals surface area contributed by atoms with Crippen LogP contribution in [0.25, 0.3) is 0 Å². The van der Waals surface area contributed by atoms with Crippen molar-refractivity contribution in [1.29, 1.82) is 0 Å². The molecule has 0 aliphatic carbocycles. The standard InChI is InChI=1S/C11H10ClN3O4S2/c1-6-2-3-7(4-8(6)13)14-21(18,19)10-5-9(15(16)17)11(12)20-10/h2-5,14H,13H2,1H3. The molecule has 1 heterocycles. The molecule has 0 aliphatic heterocycles. The van der Waals surface area contributed by atoms with E-state index in [0.29, 0.717) is 17.0 Å². The molecule has 21 heavy (non-hydrogen) atoms. The molecule has 112 valence electrons. The molecule has 2 rings (SSSR count). The van der Waals surface area contributed by atoms with Gasteiger partial charge in [0.25, 0.3) is 15.7 Å². The molecule has 1 aromatic heterocycles. The summed E-state index contributed by atoms with van der Waals surface area (Å²) >= 11 is 6.28. The molecule has 10 heteroatoms. The molecule has 0 unspecified atom stereocenters. The molecule has 0 atom stereocenters. The number of nitrogen functional groups attached to an aromatic ring is 1. The molecule has 0 aliphatic rings. The maximum absolute atomic E-state index is 12.2. The van der Waals surface area contributed by atoms with E-state index in [1.54, 1.807) is 19.1 Å². The number of nitrogens with one attached hydrogen (secondary N) is 1. The molecular formula is C11H10ClN3O4S2. The molecule has 0 amide bonds. The predicted molar refractivity (Wildman–Crippen MR) is 82.4 cm³/mol. The third-order valence-electron chi connectivity index (χ3n) is 2.64. The summed E-state index contributed by atoms with van der Waals surface area (Å²) in [7, 11) is -3.95. The first-order chi connectivity index (χ1) is 9.70. The minimum Gasteiger partial charge on any atom is -0.398 e. The van der Waals surface area contributed by atoms with Crippen molar-refractivity contribution in [3.63, 3.8) is 0 Å². The number of hydrogen-bond donors (Lipinski definition) is 2. The Hall–Kier alpha value is -1.84. The lowest BCUT2D eigenvalue weighted by Crippen LogP contribution is -2.11. The Labute approximate surface area is 129 Å². The van der Waals surface area contributed by atoms with Gasteiger partial charge in [-0.25, -0.2) is 8.42 Å². The summed E-state index contributed by atoms with van der Waals surface area (Å²) in [6.07, 6.45) is 0. The highest BCUT2D eigenvalue weighted by Crippen LogP contribution is 2.36. The number of rotatable bonds is 4. The minimum atomic E-state index is -3.95. The number of nitro groups is 1. The highest BCUT2D eigenvalue weighted by atomic mass is 35.5. The molecule has 0 radical (unpaired) electrons. The molecule has 1 aromatic carbocycles. The van der Waals surface area contributed by atoms with Gasteiger partial charge in [-0.1, -0.05) is 17.7 Å². The third kappa shape index (κ3) is 3.26. The largest absolute Gasteiger partial charge is 0.398 e. The predicted octanol–water partition coefficient (Wildman–Crippen LogP) is 3.00. The van der Waals surface area contributed by atoms with Gasteiger partial charge in [-0.15, -0.1) is 11.3 Å². The summed E-state index contributed by atoms with van der Waals surface area (Å²) in [5, 5.41) is 10.7. The van der Waals surface area contributed by atoms with Gasteiger partial charge >= 0.3 is 0 Å². The van der Waals surface area contributed by atoms with Crippen LogP contribution >= 0.6 is 22.9 Å². The van der Waals surface area contributed by atoms with E-state index in [1.807, 2.05) is 0 Å². The number of benzene rings is 1. The first-order valence-corrected chi connectivity index (χ1v) is 8.21. The smallest absolute Gasteiger partial charge is 0.300 e. The number of nitrogens with two attached hydrogens (primary N) is 1. The van der Waals surface area contributed by atoms with Crippen molar-refractivity contribution < 1.29 is 13.3 Å². The minimum absolute atomic E-state index is 0.191. The molecule has 0 bridgehead atoms. The van der Waals surface area contributed by atoms with Crippen LogP contribution in [-0.4, -0.2) is 13.3 Å². The fourth-order valence-electron chi connectivity index (χ4n) is 1.50. The zero-order valence-electron chi connectivity index (χ0n) is 10.7. The average Bonchev–Trinajstić information content (AvgIpc) is 2.77. The fourth-order valence-corrected chi connectivity index (χ4v) is 4.22. The first kappa shape index (κ1) is 15.5. The second-order valence-electron chi connectivity index (χ2n) is 4.16. The lowest BCUT2D eigenvalue weighted by atomic mass is 10.2. The Morgan fingerprint density at radius 2 is 2.05 bits per heavy atom. The maximum Gasteiger partial charge on any atom is 0.300 e. The van der Waals surface area contributed by atoms with Crippen LogP contribution in [0.15, 0.2) is 28.5 Å². The lowest BCUT2D eigenvalue weighted by Gasteiger charge is -2.07. The van der Waals surface area contributed by atoms with Crippen LogP contribution in [0.3, 0.4) is 0 Å². The normalized spacial score (nSPS) is 11.3. The van der Waals surface area contributed by atoms with Crippen molar-refractivity contribution >= 4 is 50.0 Å². The van der Waals surface area contributed by atoms with Gasteiger partial charge in [-0.3, -0.25) is 14.8 Å². The van der Waals surface area contributed by atoms with Crippen LogP contribution < -0.4 is 10.5 Å². The van der Waals surface area contributed by atoms with Crippen molar-refractivity contribution in [3.05, 3.63) is 44.3 Å². The number of hydrogen-bond acceptors (Lipinski definition) is 6. The van der Waals surface area contributed by atoms with E-state index >= 15 is 0 Å². The van der Waals surface area contributed by atoms with Crippen LogP contribution in [0.4, 0.5) is 17.1 Å². The molecule has 7 nitrogen and oxygen atoms in total. The molecule has 0 saturated carbocycles. The van der Waals surface area contributed by atoms with Crippen LogP contribution in [0.5, 0.6) is 0 Å². The number of thiophene rings is 1. The second-order valence-corrected chi connectivity index (χ2v) is 7.72. The molecule has 0 saturated heterocycles. The van der Waals surface area contributed by atoms with E-state index in [-0.39, 0.29) is 14.2 Å². The Balaban J connectivity index is 2.36. The number of nitrogens with zero attached hydrogens (tertiary/aromatic N) is 1. The van der Waals surface area contributed by atoms with E-state index in [0.717, 1.165) is 11.6 Å². The Morgan fingerprint density at radius 1 is 1.38 bits per heavy atom. The third-order valence-corrected chi connectivity index (χ3v) is 5.83. The number of sulfonamides is 1. The van der Waals surface area contributed by atoms with Gasteiger partial charge in [0, 0.05) is 11.8 Å². The van der Waals surface area contributed by atoms with Gasteiger partial charge in [0.1, 0.15) is 4.21 Å². The summed E-state index contributed by atoms with van der Waals surface area (Å²) in [5.74, 6) is 0. The fraction of sp³-hybridized carbons (Fsp3) is 0.0909. The molecular weight excluding hydrogens is 338 g/mol. The van der Waals surface area contributed by atoms with Crippen LogP contribution in [0.2, 0.25) is 4.34 Å². The van der Waals surface area contributed by atoms with Gasteiger partial charge in [0.2, 0.25) is 0 Å². The monoisotopic (exact) mass is 347 g/mol. The summed E-state index contributed by atoms with van der Waals surface area (Å²) in [5.41, 5.74) is 6.78. The van der Waals surface area contributed by atoms with Crippen molar-refractivity contribution in [3.8, 4) is 0 Å². The Bertz CT molecular complexity index is 817. The van der Waals surface area contributed by atoms with Crippen LogP contribution in [0.1, 0.15) is 5.56 Å². The average molecular weight is 348 g/mol. The quantitative estimate of drug-likeness (QED) is 0.501. The van der Waals surface area contributed by atoms with Gasteiger partial charge in [0.05, 0.1) is 10.6 Å². The molecule has 0 fully saturated rings. The first-order valence-electron chi connectivity index (χ1n) is 5.53. The Morgan fingerprint density at radius 3 is 2.57 bits per heavy atom. The number of aryl methyl sites for hydroxylation is 1. The summed E-state index contributed by atoms with van der Waals surface area (Å²) in [6, 6.07) is 5.60. The Kier molecular flexibility index (Phi) is 4.08. The molecule has 2 aromatic rings.